The summed E-state index contributed by atoms with van der Waals surface area (Å²) in [6.45, 7) is 4.57. The highest BCUT2D eigenvalue weighted by Gasteiger charge is 2.61. The number of alkyl halides is 3. The van der Waals surface area contributed by atoms with Crippen LogP contribution in [0.25, 0.3) is 6.08 Å². The zero-order valence-electron chi connectivity index (χ0n) is 19.3. The van der Waals surface area contributed by atoms with Gasteiger partial charge in [0.2, 0.25) is 0 Å². The van der Waals surface area contributed by atoms with E-state index in [-0.39, 0.29) is 28.5 Å². The molecular weight excluding hydrogens is 429 g/mol. The molecule has 1 aromatic rings. The van der Waals surface area contributed by atoms with Crippen molar-refractivity contribution in [1.82, 2.24) is 0 Å². The molecule has 3 nitrogen and oxygen atoms in total. The number of rotatable bonds is 2. The van der Waals surface area contributed by atoms with Gasteiger partial charge in [-0.2, -0.15) is 0 Å². The summed E-state index contributed by atoms with van der Waals surface area (Å²) in [6.07, 6.45) is 4.85. The number of ketones is 1. The third kappa shape index (κ3) is 3.92. The van der Waals surface area contributed by atoms with Crippen LogP contribution in [0.4, 0.5) is 13.2 Å². The van der Waals surface area contributed by atoms with Crippen LogP contribution in [0.2, 0.25) is 0 Å². The van der Waals surface area contributed by atoms with E-state index in [9.17, 15) is 23.1 Å². The average Bonchev–Trinajstić information content (AvgIpc) is 2.99. The minimum absolute atomic E-state index is 0.163. The van der Waals surface area contributed by atoms with Gasteiger partial charge in [0.05, 0.1) is 6.10 Å². The van der Waals surface area contributed by atoms with Gasteiger partial charge < -0.3 is 9.84 Å². The molecule has 0 radical (unpaired) electrons. The molecule has 0 aliphatic heterocycles. The van der Waals surface area contributed by atoms with Crippen LogP contribution in [0.1, 0.15) is 70.8 Å². The molecule has 7 atom stereocenters. The zero-order chi connectivity index (χ0) is 23.6. The number of carbonyl (C=O) groups is 1. The fraction of sp³-hybridized carbons (Fsp3) is 0.667. The highest BCUT2D eigenvalue weighted by molar-refractivity contribution is 6.05. The number of halogens is 3. The second-order valence-electron chi connectivity index (χ2n) is 11.4. The van der Waals surface area contributed by atoms with Crippen molar-refractivity contribution in [2.24, 2.45) is 34.5 Å². The Kier molecular flexibility index (Phi) is 5.47. The number of ether oxygens (including phenoxy) is 1. The third-order valence-electron chi connectivity index (χ3n) is 9.73. The average molecular weight is 463 g/mol. The number of carbonyl (C=O) groups excluding carboxylic acids is 1. The van der Waals surface area contributed by atoms with Crippen molar-refractivity contribution in [1.29, 1.82) is 0 Å². The van der Waals surface area contributed by atoms with Crippen LogP contribution in [0.15, 0.2) is 29.8 Å². The quantitative estimate of drug-likeness (QED) is 0.507. The Bertz CT molecular complexity index is 952. The fourth-order valence-electron chi connectivity index (χ4n) is 8.00. The number of benzene rings is 1. The molecule has 0 heterocycles. The molecule has 1 aromatic carbocycles. The minimum Gasteiger partial charge on any atom is -0.406 e. The molecule has 4 aliphatic rings. The molecule has 33 heavy (non-hydrogen) atoms. The highest BCUT2D eigenvalue weighted by atomic mass is 19.4. The van der Waals surface area contributed by atoms with Crippen molar-refractivity contribution in [2.75, 3.05) is 0 Å². The summed E-state index contributed by atoms with van der Waals surface area (Å²) in [7, 11) is 0. The lowest BCUT2D eigenvalue weighted by Gasteiger charge is -2.59. The van der Waals surface area contributed by atoms with Crippen molar-refractivity contribution >= 4 is 11.9 Å². The number of aliphatic hydroxyl groups is 1. The van der Waals surface area contributed by atoms with E-state index in [0.29, 0.717) is 23.7 Å². The maximum atomic E-state index is 13.5. The van der Waals surface area contributed by atoms with Gasteiger partial charge in [0.1, 0.15) is 5.75 Å². The van der Waals surface area contributed by atoms with E-state index in [1.165, 1.54) is 12.1 Å². The van der Waals surface area contributed by atoms with Crippen LogP contribution in [-0.4, -0.2) is 23.4 Å². The number of aliphatic hydroxyl groups excluding tert-OH is 1. The summed E-state index contributed by atoms with van der Waals surface area (Å²) in [6, 6.07) is 5.75. The van der Waals surface area contributed by atoms with Crippen molar-refractivity contribution in [3.8, 4) is 5.75 Å². The normalized spacial score (nSPS) is 41.9. The van der Waals surface area contributed by atoms with Gasteiger partial charge in [-0.05, 0) is 110 Å². The van der Waals surface area contributed by atoms with Crippen LogP contribution in [-0.2, 0) is 4.79 Å². The van der Waals surface area contributed by atoms with Crippen molar-refractivity contribution in [2.45, 2.75) is 77.7 Å². The van der Waals surface area contributed by atoms with E-state index in [0.717, 1.165) is 62.5 Å². The molecule has 4 aliphatic carbocycles. The Morgan fingerprint density at radius 2 is 1.76 bits per heavy atom. The van der Waals surface area contributed by atoms with Gasteiger partial charge in [0, 0.05) is 5.41 Å². The van der Waals surface area contributed by atoms with Crippen molar-refractivity contribution in [3.63, 3.8) is 0 Å². The molecule has 1 N–H and O–H groups in total. The first-order chi connectivity index (χ1) is 15.5. The molecule has 4 saturated carbocycles. The van der Waals surface area contributed by atoms with E-state index >= 15 is 0 Å². The number of allylic oxidation sites excluding steroid dienone is 1. The Labute approximate surface area is 193 Å². The highest BCUT2D eigenvalue weighted by Crippen LogP contribution is 2.66. The van der Waals surface area contributed by atoms with E-state index in [1.807, 2.05) is 6.08 Å². The van der Waals surface area contributed by atoms with Gasteiger partial charge >= 0.3 is 6.36 Å². The van der Waals surface area contributed by atoms with E-state index < -0.39 is 6.36 Å². The van der Waals surface area contributed by atoms with Crippen LogP contribution in [0, 0.1) is 34.5 Å². The van der Waals surface area contributed by atoms with E-state index in [2.05, 4.69) is 18.6 Å². The molecule has 180 valence electrons. The van der Waals surface area contributed by atoms with Crippen molar-refractivity contribution in [3.05, 3.63) is 35.4 Å². The molecule has 0 spiro atoms. The Balaban J connectivity index is 1.37. The molecule has 6 heteroatoms. The lowest BCUT2D eigenvalue weighted by molar-refractivity contribution is -0.274. The van der Waals surface area contributed by atoms with Gasteiger partial charge in [-0.3, -0.25) is 4.79 Å². The Morgan fingerprint density at radius 3 is 2.45 bits per heavy atom. The maximum Gasteiger partial charge on any atom is 0.573 e. The van der Waals surface area contributed by atoms with Gasteiger partial charge in [0.15, 0.2) is 5.78 Å². The summed E-state index contributed by atoms with van der Waals surface area (Å²) < 4.78 is 41.2. The zero-order valence-corrected chi connectivity index (χ0v) is 19.3. The Morgan fingerprint density at radius 1 is 1.03 bits per heavy atom. The Hall–Kier alpha value is -1.82. The summed E-state index contributed by atoms with van der Waals surface area (Å²) in [5.74, 6) is 2.00. The lowest BCUT2D eigenvalue weighted by Crippen LogP contribution is -2.54. The number of Topliss-reactive ketones (excluding diaryl/α,β-unsaturated/α-hetero) is 1. The SMILES string of the molecule is CC12CCC3C(CCC4CC(O)CCC43C)C1C/C(=C\c1ccc(OC(F)(F)F)cc1)C2=O. The first kappa shape index (κ1) is 22.9. The predicted molar refractivity (Wildman–Crippen MR) is 119 cm³/mol. The molecule has 7 unspecified atom stereocenters. The topological polar surface area (TPSA) is 46.5 Å². The predicted octanol–water partition coefficient (Wildman–Crippen LogP) is 6.55. The monoisotopic (exact) mass is 462 g/mol. The fourth-order valence-corrected chi connectivity index (χ4v) is 8.00. The molecule has 5 rings (SSSR count). The largest absolute Gasteiger partial charge is 0.573 e. The standard InChI is InChI=1S/C27H33F3O3/c1-25-11-9-19(31)15-18(25)5-8-21-22(25)10-12-26(2)23(21)14-17(24(26)32)13-16-3-6-20(7-4-16)33-27(28,29)30/h3-4,6-7,13,18-19,21-23,31H,5,8-12,14-15H2,1-2H3/b17-13+. The lowest BCUT2D eigenvalue weighted by atomic mass is 9.45. The minimum atomic E-state index is -4.71. The van der Waals surface area contributed by atoms with Crippen LogP contribution < -0.4 is 4.74 Å². The first-order valence-corrected chi connectivity index (χ1v) is 12.3. The summed E-state index contributed by atoms with van der Waals surface area (Å²) >= 11 is 0. The molecular formula is C27H33F3O3. The van der Waals surface area contributed by atoms with E-state index in [4.69, 9.17) is 0 Å². The van der Waals surface area contributed by atoms with E-state index in [1.54, 1.807) is 12.1 Å². The summed E-state index contributed by atoms with van der Waals surface area (Å²) in [5, 5.41) is 10.2. The number of fused-ring (bicyclic) bond motifs is 5. The molecule has 0 saturated heterocycles. The first-order valence-electron chi connectivity index (χ1n) is 12.3. The van der Waals surface area contributed by atoms with Crippen LogP contribution in [0.5, 0.6) is 5.75 Å². The maximum absolute atomic E-state index is 13.5. The second-order valence-corrected chi connectivity index (χ2v) is 11.4. The van der Waals surface area contributed by atoms with Crippen molar-refractivity contribution < 1.29 is 27.8 Å². The smallest absolute Gasteiger partial charge is 0.406 e. The number of hydrogen-bond acceptors (Lipinski definition) is 3. The van der Waals surface area contributed by atoms with Gasteiger partial charge in [-0.1, -0.05) is 26.0 Å². The molecule has 0 bridgehead atoms. The second kappa shape index (κ2) is 7.86. The van der Waals surface area contributed by atoms with Gasteiger partial charge in [-0.15, -0.1) is 13.2 Å². The van der Waals surface area contributed by atoms with Gasteiger partial charge in [-0.25, -0.2) is 0 Å². The van der Waals surface area contributed by atoms with Crippen LogP contribution >= 0.6 is 0 Å². The molecule has 4 fully saturated rings. The third-order valence-corrected chi connectivity index (χ3v) is 9.73. The summed E-state index contributed by atoms with van der Waals surface area (Å²) in [5.41, 5.74) is 1.44. The molecule has 0 aromatic heterocycles. The molecule has 0 amide bonds. The van der Waals surface area contributed by atoms with Gasteiger partial charge in [0.25, 0.3) is 0 Å². The van der Waals surface area contributed by atoms with Crippen LogP contribution in [0.3, 0.4) is 0 Å². The summed E-state index contributed by atoms with van der Waals surface area (Å²) in [4.78, 5) is 13.5. The number of hydrogen-bond donors (Lipinski definition) is 1.